The van der Waals surface area contributed by atoms with Crippen molar-refractivity contribution in [3.8, 4) is 0 Å². The first kappa shape index (κ1) is 13.6. The van der Waals surface area contributed by atoms with Crippen molar-refractivity contribution in [1.29, 1.82) is 0 Å². The van der Waals surface area contributed by atoms with Crippen LogP contribution in [0.3, 0.4) is 0 Å². The lowest BCUT2D eigenvalue weighted by Gasteiger charge is -2.05. The molecule has 0 aliphatic carbocycles. The van der Waals surface area contributed by atoms with Crippen LogP contribution in [0.1, 0.15) is 25.5 Å². The molecule has 1 amide bonds. The van der Waals surface area contributed by atoms with Gasteiger partial charge in [-0.05, 0) is 18.6 Å². The van der Waals surface area contributed by atoms with Gasteiger partial charge in [0.25, 0.3) is 0 Å². The van der Waals surface area contributed by atoms with Crippen molar-refractivity contribution in [2.75, 3.05) is 19.6 Å². The Balaban J connectivity index is 2.02. The largest absolute Gasteiger partial charge is 0.355 e. The predicted molar refractivity (Wildman–Crippen MR) is 68.7 cm³/mol. The van der Waals surface area contributed by atoms with Crippen molar-refractivity contribution in [2.45, 2.75) is 26.2 Å². The maximum atomic E-state index is 11.3. The maximum Gasteiger partial charge on any atom is 0.233 e. The highest BCUT2D eigenvalue weighted by molar-refractivity contribution is 5.77. The first-order valence-electron chi connectivity index (χ1n) is 6.20. The van der Waals surface area contributed by atoms with Gasteiger partial charge in [0, 0.05) is 31.4 Å². The van der Waals surface area contributed by atoms with E-state index in [9.17, 15) is 4.79 Å². The van der Waals surface area contributed by atoms with E-state index in [0.29, 0.717) is 6.54 Å². The molecule has 1 aromatic rings. The summed E-state index contributed by atoms with van der Waals surface area (Å²) in [6.07, 6.45) is 4.78. The lowest BCUT2D eigenvalue weighted by atomic mass is 10.3. The molecule has 4 heteroatoms. The first-order valence-corrected chi connectivity index (χ1v) is 6.20. The zero-order valence-electron chi connectivity index (χ0n) is 10.4. The smallest absolute Gasteiger partial charge is 0.233 e. The fourth-order valence-electron chi connectivity index (χ4n) is 1.43. The number of aromatic nitrogens is 1. The molecule has 0 bridgehead atoms. The highest BCUT2D eigenvalue weighted by atomic mass is 16.1. The second-order valence-electron chi connectivity index (χ2n) is 3.95. The predicted octanol–water partition coefficient (Wildman–Crippen LogP) is 1.13. The molecule has 0 spiro atoms. The van der Waals surface area contributed by atoms with Crippen LogP contribution in [0.15, 0.2) is 24.4 Å². The molecule has 17 heavy (non-hydrogen) atoms. The summed E-state index contributed by atoms with van der Waals surface area (Å²) in [5.41, 5.74) is 1.05. The third kappa shape index (κ3) is 6.68. The van der Waals surface area contributed by atoms with Gasteiger partial charge >= 0.3 is 0 Å². The summed E-state index contributed by atoms with van der Waals surface area (Å²) in [6, 6.07) is 5.86. The molecule has 0 fully saturated rings. The Morgan fingerprint density at radius 2 is 2.24 bits per heavy atom. The second kappa shape index (κ2) is 8.70. The van der Waals surface area contributed by atoms with Crippen LogP contribution in [0.25, 0.3) is 0 Å². The van der Waals surface area contributed by atoms with Crippen LogP contribution in [0.4, 0.5) is 0 Å². The van der Waals surface area contributed by atoms with Gasteiger partial charge in [-0.1, -0.05) is 19.4 Å². The van der Waals surface area contributed by atoms with E-state index in [1.807, 2.05) is 18.2 Å². The van der Waals surface area contributed by atoms with Crippen molar-refractivity contribution in [2.24, 2.45) is 0 Å². The molecule has 0 aromatic carbocycles. The number of nitrogens with zero attached hydrogens (tertiary/aromatic N) is 1. The molecule has 4 nitrogen and oxygen atoms in total. The van der Waals surface area contributed by atoms with E-state index in [4.69, 9.17) is 0 Å². The lowest BCUT2D eigenvalue weighted by Crippen LogP contribution is -2.35. The highest BCUT2D eigenvalue weighted by Gasteiger charge is 1.99. The Hall–Kier alpha value is -1.42. The Kier molecular flexibility index (Phi) is 6.98. The number of unbranched alkanes of at least 4 members (excludes halogenated alkanes) is 1. The Bertz CT molecular complexity index is 314. The van der Waals surface area contributed by atoms with Gasteiger partial charge in [-0.15, -0.1) is 0 Å². The summed E-state index contributed by atoms with van der Waals surface area (Å²) >= 11 is 0. The molecule has 0 atom stereocenters. The first-order chi connectivity index (χ1) is 8.33. The molecule has 0 saturated heterocycles. The number of hydrogen-bond acceptors (Lipinski definition) is 3. The Morgan fingerprint density at radius 1 is 1.35 bits per heavy atom. The van der Waals surface area contributed by atoms with Gasteiger partial charge in [0.2, 0.25) is 5.91 Å². The molecule has 94 valence electrons. The van der Waals surface area contributed by atoms with Crippen LogP contribution in [0.2, 0.25) is 0 Å². The van der Waals surface area contributed by atoms with Crippen LogP contribution in [-0.4, -0.2) is 30.5 Å². The molecule has 0 radical (unpaired) electrons. The van der Waals surface area contributed by atoms with Crippen LogP contribution in [0.5, 0.6) is 0 Å². The monoisotopic (exact) mass is 235 g/mol. The number of hydrogen-bond donors (Lipinski definition) is 2. The van der Waals surface area contributed by atoms with Crippen LogP contribution in [-0.2, 0) is 11.2 Å². The standard InChI is InChI=1S/C13H21N3O/c1-2-3-8-16-13(17)11-14-10-7-12-6-4-5-9-15-12/h4-6,9,14H,2-3,7-8,10-11H2,1H3,(H,16,17). The van der Waals surface area contributed by atoms with Gasteiger partial charge in [0.05, 0.1) is 6.54 Å². The third-order valence-electron chi connectivity index (χ3n) is 2.42. The molecule has 0 aliphatic heterocycles. The van der Waals surface area contributed by atoms with Gasteiger partial charge < -0.3 is 10.6 Å². The van der Waals surface area contributed by atoms with Crippen LogP contribution < -0.4 is 10.6 Å². The minimum atomic E-state index is 0.0690. The Morgan fingerprint density at radius 3 is 2.94 bits per heavy atom. The van der Waals surface area contributed by atoms with E-state index in [-0.39, 0.29) is 5.91 Å². The molecular formula is C13H21N3O. The van der Waals surface area contributed by atoms with Crippen molar-refractivity contribution in [3.05, 3.63) is 30.1 Å². The number of carbonyl (C=O) groups excluding carboxylic acids is 1. The van der Waals surface area contributed by atoms with E-state index in [1.54, 1.807) is 6.20 Å². The zero-order valence-corrected chi connectivity index (χ0v) is 10.4. The molecule has 2 N–H and O–H groups in total. The maximum absolute atomic E-state index is 11.3. The molecule has 0 saturated carbocycles. The topological polar surface area (TPSA) is 54.0 Å². The van der Waals surface area contributed by atoms with E-state index >= 15 is 0 Å². The second-order valence-corrected chi connectivity index (χ2v) is 3.95. The molecular weight excluding hydrogens is 214 g/mol. The average Bonchev–Trinajstić information content (AvgIpc) is 2.36. The minimum Gasteiger partial charge on any atom is -0.355 e. The van der Waals surface area contributed by atoms with Crippen molar-refractivity contribution >= 4 is 5.91 Å². The molecule has 1 rings (SSSR count). The summed E-state index contributed by atoms with van der Waals surface area (Å²) in [7, 11) is 0. The zero-order chi connectivity index (χ0) is 12.3. The number of carbonyl (C=O) groups is 1. The van der Waals surface area contributed by atoms with Crippen molar-refractivity contribution in [1.82, 2.24) is 15.6 Å². The average molecular weight is 235 g/mol. The number of rotatable bonds is 8. The summed E-state index contributed by atoms with van der Waals surface area (Å²) in [5.74, 6) is 0.0690. The summed E-state index contributed by atoms with van der Waals surface area (Å²) in [6.45, 7) is 4.04. The normalized spacial score (nSPS) is 10.2. The molecule has 0 unspecified atom stereocenters. The van der Waals surface area contributed by atoms with Crippen molar-refractivity contribution < 1.29 is 4.79 Å². The molecule has 0 aliphatic rings. The van der Waals surface area contributed by atoms with Gasteiger partial charge in [0.1, 0.15) is 0 Å². The van der Waals surface area contributed by atoms with E-state index in [1.165, 1.54) is 0 Å². The Labute approximate surface area is 103 Å². The van der Waals surface area contributed by atoms with Crippen LogP contribution >= 0.6 is 0 Å². The number of amides is 1. The van der Waals surface area contributed by atoms with Crippen molar-refractivity contribution in [3.63, 3.8) is 0 Å². The summed E-state index contributed by atoms with van der Waals surface area (Å²) in [4.78, 5) is 15.6. The fraction of sp³-hybridized carbons (Fsp3) is 0.538. The van der Waals surface area contributed by atoms with E-state index in [0.717, 1.165) is 38.0 Å². The SMILES string of the molecule is CCCCNC(=O)CNCCc1ccccn1. The van der Waals surface area contributed by atoms with Gasteiger partial charge in [-0.25, -0.2) is 0 Å². The fourth-order valence-corrected chi connectivity index (χ4v) is 1.43. The molecule has 1 heterocycles. The van der Waals surface area contributed by atoms with Gasteiger partial charge in [0.15, 0.2) is 0 Å². The van der Waals surface area contributed by atoms with Gasteiger partial charge in [-0.3, -0.25) is 9.78 Å². The van der Waals surface area contributed by atoms with Crippen LogP contribution in [0, 0.1) is 0 Å². The van der Waals surface area contributed by atoms with E-state index in [2.05, 4.69) is 22.5 Å². The molecule has 1 aromatic heterocycles. The summed E-state index contributed by atoms with van der Waals surface area (Å²) < 4.78 is 0. The highest BCUT2D eigenvalue weighted by Crippen LogP contribution is 1.92. The number of pyridine rings is 1. The number of nitrogens with one attached hydrogen (secondary N) is 2. The van der Waals surface area contributed by atoms with E-state index < -0.39 is 0 Å². The minimum absolute atomic E-state index is 0.0690. The lowest BCUT2D eigenvalue weighted by molar-refractivity contribution is -0.120. The summed E-state index contributed by atoms with van der Waals surface area (Å²) in [5, 5.41) is 5.97. The quantitative estimate of drug-likeness (QED) is 0.664. The van der Waals surface area contributed by atoms with Gasteiger partial charge in [-0.2, -0.15) is 0 Å². The third-order valence-corrected chi connectivity index (χ3v) is 2.42.